The van der Waals surface area contributed by atoms with Gasteiger partial charge >= 0.3 is 0 Å². The number of likely N-dealkylation sites (tertiary alicyclic amines) is 1. The summed E-state index contributed by atoms with van der Waals surface area (Å²) in [5.41, 5.74) is 2.83. The van der Waals surface area contributed by atoms with Crippen molar-refractivity contribution in [1.82, 2.24) is 9.88 Å². The fourth-order valence-electron chi connectivity index (χ4n) is 4.43. The molecular weight excluding hydrogens is 357 g/mol. The van der Waals surface area contributed by atoms with Gasteiger partial charge in [-0.05, 0) is 36.1 Å². The molecule has 1 spiro atoms. The number of nitrogens with one attached hydrogen (secondary N) is 1. The van der Waals surface area contributed by atoms with Crippen LogP contribution in [-0.4, -0.2) is 36.0 Å². The van der Waals surface area contributed by atoms with E-state index in [1.165, 1.54) is 12.1 Å². The van der Waals surface area contributed by atoms with Crippen LogP contribution in [0.25, 0.3) is 10.8 Å². The third kappa shape index (κ3) is 2.56. The topological polar surface area (TPSA) is 54.5 Å². The molecule has 28 heavy (non-hydrogen) atoms. The summed E-state index contributed by atoms with van der Waals surface area (Å²) in [5, 5.41) is 5.31. The van der Waals surface area contributed by atoms with Gasteiger partial charge in [0.2, 0.25) is 6.41 Å². The number of benzene rings is 2. The maximum atomic E-state index is 13.6. The lowest BCUT2D eigenvalue weighted by Gasteiger charge is -2.59. The van der Waals surface area contributed by atoms with Crippen LogP contribution in [0.1, 0.15) is 17.2 Å². The summed E-state index contributed by atoms with van der Waals surface area (Å²) in [5.74, 6) is 0.390. The third-order valence-electron chi connectivity index (χ3n) is 5.80. The number of hydrogen-bond acceptors (Lipinski definition) is 4. The molecule has 5 nitrogen and oxygen atoms in total. The lowest BCUT2D eigenvalue weighted by molar-refractivity contribution is -0.244. The highest BCUT2D eigenvalue weighted by Crippen LogP contribution is 2.53. The maximum Gasteiger partial charge on any atom is 0.209 e. The number of hydrogen-bond donors (Lipinski definition) is 1. The first-order chi connectivity index (χ1) is 13.6. The van der Waals surface area contributed by atoms with E-state index in [0.29, 0.717) is 18.1 Å². The van der Waals surface area contributed by atoms with E-state index >= 15 is 0 Å². The monoisotopic (exact) mass is 377 g/mol. The van der Waals surface area contributed by atoms with Gasteiger partial charge in [0.05, 0.1) is 18.1 Å². The van der Waals surface area contributed by atoms with Gasteiger partial charge in [-0.25, -0.2) is 9.37 Å². The fourth-order valence-corrected chi connectivity index (χ4v) is 4.43. The average Bonchev–Trinajstić information content (AvgIpc) is 2.62. The molecule has 0 saturated carbocycles. The molecule has 5 rings (SSSR count). The van der Waals surface area contributed by atoms with Gasteiger partial charge in [0, 0.05) is 35.9 Å². The first kappa shape index (κ1) is 17.1. The second-order valence-corrected chi connectivity index (χ2v) is 7.76. The predicted molar refractivity (Wildman–Crippen MR) is 105 cm³/mol. The standard InChI is InChI=1S/C22H20FN3O2/c1-14-4-2-7-17-19(14)18(20-22(12-28-20)10-26(11-22)13-27)9-24-21(17)25-16-6-3-5-15(23)8-16/h2-9,13,20H,10-12H2,1H3,(H,24,25). The summed E-state index contributed by atoms with van der Waals surface area (Å²) >= 11 is 0. The zero-order valence-electron chi connectivity index (χ0n) is 15.5. The van der Waals surface area contributed by atoms with Crippen molar-refractivity contribution in [2.75, 3.05) is 25.0 Å². The summed E-state index contributed by atoms with van der Waals surface area (Å²) in [7, 11) is 0. The molecule has 2 aliphatic rings. The molecule has 2 saturated heterocycles. The van der Waals surface area contributed by atoms with Crippen molar-refractivity contribution in [1.29, 1.82) is 0 Å². The van der Waals surface area contributed by atoms with Crippen LogP contribution in [0.15, 0.2) is 48.7 Å². The van der Waals surface area contributed by atoms with Crippen LogP contribution in [0.5, 0.6) is 0 Å². The van der Waals surface area contributed by atoms with Gasteiger partial charge in [-0.2, -0.15) is 0 Å². The number of halogens is 1. The summed E-state index contributed by atoms with van der Waals surface area (Å²) < 4.78 is 19.5. The van der Waals surface area contributed by atoms with Crippen molar-refractivity contribution in [3.05, 3.63) is 65.6 Å². The van der Waals surface area contributed by atoms with Crippen molar-refractivity contribution in [2.24, 2.45) is 5.41 Å². The number of carbonyl (C=O) groups is 1. The molecule has 142 valence electrons. The van der Waals surface area contributed by atoms with Crippen LogP contribution in [-0.2, 0) is 9.53 Å². The van der Waals surface area contributed by atoms with Crippen molar-refractivity contribution >= 4 is 28.7 Å². The minimum absolute atomic E-state index is 0.00466. The molecule has 6 heteroatoms. The molecule has 2 aromatic carbocycles. The van der Waals surface area contributed by atoms with Gasteiger partial charge < -0.3 is 15.0 Å². The Morgan fingerprint density at radius 1 is 1.29 bits per heavy atom. The zero-order chi connectivity index (χ0) is 19.3. The molecule has 3 heterocycles. The molecule has 1 unspecified atom stereocenters. The highest BCUT2D eigenvalue weighted by Gasteiger charge is 2.57. The highest BCUT2D eigenvalue weighted by molar-refractivity contribution is 5.97. The van der Waals surface area contributed by atoms with E-state index in [9.17, 15) is 9.18 Å². The smallest absolute Gasteiger partial charge is 0.209 e. The number of aryl methyl sites for hydroxylation is 1. The van der Waals surface area contributed by atoms with Crippen molar-refractivity contribution in [2.45, 2.75) is 13.0 Å². The second-order valence-electron chi connectivity index (χ2n) is 7.76. The molecule has 3 aromatic rings. The lowest BCUT2D eigenvalue weighted by atomic mass is 9.69. The molecule has 1 N–H and O–H groups in total. The number of fused-ring (bicyclic) bond motifs is 1. The van der Waals surface area contributed by atoms with Gasteiger partial charge in [-0.3, -0.25) is 4.79 Å². The fraction of sp³-hybridized carbons (Fsp3) is 0.273. The quantitative estimate of drug-likeness (QED) is 0.700. The van der Waals surface area contributed by atoms with Crippen LogP contribution < -0.4 is 5.32 Å². The summed E-state index contributed by atoms with van der Waals surface area (Å²) in [4.78, 5) is 17.4. The number of rotatable bonds is 4. The highest BCUT2D eigenvalue weighted by atomic mass is 19.1. The summed E-state index contributed by atoms with van der Waals surface area (Å²) in [6, 6.07) is 12.4. The largest absolute Gasteiger partial charge is 0.372 e. The number of ether oxygens (including phenoxy) is 1. The van der Waals surface area contributed by atoms with E-state index < -0.39 is 0 Å². The van der Waals surface area contributed by atoms with Gasteiger partial charge in [0.1, 0.15) is 11.6 Å². The summed E-state index contributed by atoms with van der Waals surface area (Å²) in [6.45, 7) is 4.18. The van der Waals surface area contributed by atoms with E-state index in [4.69, 9.17) is 4.74 Å². The predicted octanol–water partition coefficient (Wildman–Crippen LogP) is 3.96. The normalized spacial score (nSPS) is 19.9. The van der Waals surface area contributed by atoms with Crippen molar-refractivity contribution in [3.63, 3.8) is 0 Å². The molecule has 2 fully saturated rings. The van der Waals surface area contributed by atoms with Gasteiger partial charge in [0.25, 0.3) is 0 Å². The second kappa shape index (κ2) is 6.27. The Morgan fingerprint density at radius 2 is 2.11 bits per heavy atom. The third-order valence-corrected chi connectivity index (χ3v) is 5.80. The number of amides is 1. The Bertz CT molecular complexity index is 1080. The average molecular weight is 377 g/mol. The Balaban J connectivity index is 1.56. The SMILES string of the molecule is Cc1cccc2c(Nc3cccc(F)c3)ncc(C3OCC34CN(C=O)C4)c12. The van der Waals surface area contributed by atoms with Gasteiger partial charge in [0.15, 0.2) is 0 Å². The Hall–Kier alpha value is -2.99. The van der Waals surface area contributed by atoms with Crippen LogP contribution in [0, 0.1) is 18.2 Å². The first-order valence-corrected chi connectivity index (χ1v) is 9.31. The molecule has 0 bridgehead atoms. The number of anilines is 2. The van der Waals surface area contributed by atoms with Crippen LogP contribution in [0.2, 0.25) is 0 Å². The molecule has 2 aliphatic heterocycles. The van der Waals surface area contributed by atoms with Gasteiger partial charge in [-0.1, -0.05) is 24.3 Å². The number of aromatic nitrogens is 1. The molecule has 0 aliphatic carbocycles. The Labute approximate surface area is 162 Å². The number of carbonyl (C=O) groups excluding carboxylic acids is 1. The van der Waals surface area contributed by atoms with Gasteiger partial charge in [-0.15, -0.1) is 0 Å². The van der Waals surface area contributed by atoms with E-state index in [-0.39, 0.29) is 17.3 Å². The van der Waals surface area contributed by atoms with E-state index in [2.05, 4.69) is 23.3 Å². The van der Waals surface area contributed by atoms with Crippen LogP contribution in [0.3, 0.4) is 0 Å². The van der Waals surface area contributed by atoms with Crippen LogP contribution in [0.4, 0.5) is 15.9 Å². The van der Waals surface area contributed by atoms with E-state index in [1.54, 1.807) is 11.0 Å². The first-order valence-electron chi connectivity index (χ1n) is 9.31. The summed E-state index contributed by atoms with van der Waals surface area (Å²) in [6.07, 6.45) is 2.68. The molecule has 1 amide bonds. The minimum atomic E-state index is -0.295. The molecular formula is C22H20FN3O2. The number of pyridine rings is 1. The van der Waals surface area contributed by atoms with Crippen LogP contribution >= 0.6 is 0 Å². The van der Waals surface area contributed by atoms with Crippen molar-refractivity contribution < 1.29 is 13.9 Å². The molecule has 0 radical (unpaired) electrons. The minimum Gasteiger partial charge on any atom is -0.372 e. The molecule has 1 atom stereocenters. The Morgan fingerprint density at radius 3 is 2.82 bits per heavy atom. The van der Waals surface area contributed by atoms with E-state index in [1.807, 2.05) is 24.4 Å². The maximum absolute atomic E-state index is 13.6. The van der Waals surface area contributed by atoms with E-state index in [0.717, 1.165) is 41.4 Å². The molecule has 1 aromatic heterocycles. The van der Waals surface area contributed by atoms with Crippen molar-refractivity contribution in [3.8, 4) is 0 Å². The zero-order valence-corrected chi connectivity index (χ0v) is 15.5. The Kier molecular flexibility index (Phi) is 3.84. The number of nitrogens with zero attached hydrogens (tertiary/aromatic N) is 2. The lowest BCUT2D eigenvalue weighted by Crippen LogP contribution is -2.66.